The normalized spacial score (nSPS) is 15.7. The minimum Gasteiger partial charge on any atom is -0.481 e. The number of anilines is 1. The average molecular weight is 310 g/mol. The third-order valence-electron chi connectivity index (χ3n) is 3.27. The van der Waals surface area contributed by atoms with Crippen LogP contribution in [0, 0.1) is 0 Å². The summed E-state index contributed by atoms with van der Waals surface area (Å²) in [7, 11) is -0.812. The highest BCUT2D eigenvalue weighted by Crippen LogP contribution is 2.13. The molecular formula is C14H18N2O4S. The molecule has 7 heteroatoms. The molecule has 0 saturated carbocycles. The van der Waals surface area contributed by atoms with Crippen LogP contribution in [0.3, 0.4) is 0 Å². The zero-order valence-electron chi connectivity index (χ0n) is 11.6. The van der Waals surface area contributed by atoms with Gasteiger partial charge in [-0.1, -0.05) is 12.1 Å². The highest BCUT2D eigenvalue weighted by atomic mass is 32.2. The molecule has 0 atom stereocenters. The SMILES string of the molecule is O=C(O)CCc1cccc(NC(=O)N2CCS(=O)CC2)c1. The molecule has 21 heavy (non-hydrogen) atoms. The van der Waals surface area contributed by atoms with Gasteiger partial charge in [0.2, 0.25) is 0 Å². The smallest absolute Gasteiger partial charge is 0.321 e. The Kier molecular flexibility index (Phi) is 5.32. The number of carboxylic acid groups (broad SMARTS) is 1. The Hall–Kier alpha value is -1.89. The number of carboxylic acids is 1. The number of nitrogens with zero attached hydrogens (tertiary/aromatic N) is 1. The fraction of sp³-hybridized carbons (Fsp3) is 0.429. The van der Waals surface area contributed by atoms with Gasteiger partial charge in [0.25, 0.3) is 0 Å². The van der Waals surface area contributed by atoms with E-state index in [1.54, 1.807) is 23.1 Å². The Balaban J connectivity index is 1.92. The fourth-order valence-corrected chi connectivity index (χ4v) is 3.15. The lowest BCUT2D eigenvalue weighted by Gasteiger charge is -2.26. The molecular weight excluding hydrogens is 292 g/mol. The van der Waals surface area contributed by atoms with E-state index in [0.717, 1.165) is 5.56 Å². The topological polar surface area (TPSA) is 86.7 Å². The van der Waals surface area contributed by atoms with Crippen LogP contribution in [0.4, 0.5) is 10.5 Å². The Morgan fingerprint density at radius 3 is 2.67 bits per heavy atom. The van der Waals surface area contributed by atoms with Crippen LogP contribution in [-0.4, -0.2) is 50.8 Å². The number of rotatable bonds is 4. The van der Waals surface area contributed by atoms with E-state index in [-0.39, 0.29) is 12.5 Å². The number of urea groups is 1. The third-order valence-corrected chi connectivity index (χ3v) is 4.55. The monoisotopic (exact) mass is 310 g/mol. The number of amides is 2. The Morgan fingerprint density at radius 1 is 1.29 bits per heavy atom. The molecule has 1 aliphatic rings. The van der Waals surface area contributed by atoms with Crippen LogP contribution in [0.5, 0.6) is 0 Å². The molecule has 1 fully saturated rings. The molecule has 0 aliphatic carbocycles. The van der Waals surface area contributed by atoms with Gasteiger partial charge in [0.1, 0.15) is 0 Å². The van der Waals surface area contributed by atoms with Crippen molar-refractivity contribution in [2.75, 3.05) is 29.9 Å². The summed E-state index contributed by atoms with van der Waals surface area (Å²) in [5, 5.41) is 11.5. The van der Waals surface area contributed by atoms with Crippen molar-refractivity contribution in [1.82, 2.24) is 4.90 Å². The zero-order chi connectivity index (χ0) is 15.2. The van der Waals surface area contributed by atoms with Crippen molar-refractivity contribution in [3.8, 4) is 0 Å². The maximum atomic E-state index is 12.1. The molecule has 0 aromatic heterocycles. The first-order valence-corrected chi connectivity index (χ1v) is 8.25. The Morgan fingerprint density at radius 2 is 2.00 bits per heavy atom. The Bertz CT molecular complexity index is 552. The van der Waals surface area contributed by atoms with Gasteiger partial charge in [-0.05, 0) is 24.1 Å². The summed E-state index contributed by atoms with van der Waals surface area (Å²) < 4.78 is 11.3. The third kappa shape index (κ3) is 4.86. The van der Waals surface area contributed by atoms with Gasteiger partial charge in [-0.2, -0.15) is 0 Å². The summed E-state index contributed by atoms with van der Waals surface area (Å²) in [4.78, 5) is 24.3. The van der Waals surface area contributed by atoms with Crippen molar-refractivity contribution in [3.05, 3.63) is 29.8 Å². The van der Waals surface area contributed by atoms with E-state index >= 15 is 0 Å². The quantitative estimate of drug-likeness (QED) is 0.877. The molecule has 0 spiro atoms. The maximum Gasteiger partial charge on any atom is 0.321 e. The van der Waals surface area contributed by atoms with Gasteiger partial charge in [0, 0.05) is 47.5 Å². The molecule has 1 aromatic carbocycles. The van der Waals surface area contributed by atoms with Crippen molar-refractivity contribution < 1.29 is 18.9 Å². The number of benzene rings is 1. The highest BCUT2D eigenvalue weighted by molar-refractivity contribution is 7.85. The molecule has 0 bridgehead atoms. The molecule has 2 N–H and O–H groups in total. The second-order valence-corrected chi connectivity index (χ2v) is 6.56. The fourth-order valence-electron chi connectivity index (χ4n) is 2.10. The number of hydrogen-bond acceptors (Lipinski definition) is 3. The first-order valence-electron chi connectivity index (χ1n) is 6.76. The lowest BCUT2D eigenvalue weighted by atomic mass is 10.1. The number of hydrogen-bond donors (Lipinski definition) is 2. The lowest BCUT2D eigenvalue weighted by molar-refractivity contribution is -0.136. The molecule has 0 unspecified atom stereocenters. The van der Waals surface area contributed by atoms with E-state index in [1.165, 1.54) is 0 Å². The first-order chi connectivity index (χ1) is 10.0. The molecule has 1 aromatic rings. The number of aryl methyl sites for hydroxylation is 1. The van der Waals surface area contributed by atoms with Crippen molar-refractivity contribution in [2.45, 2.75) is 12.8 Å². The van der Waals surface area contributed by atoms with Crippen molar-refractivity contribution in [2.24, 2.45) is 0 Å². The van der Waals surface area contributed by atoms with Crippen LogP contribution in [-0.2, 0) is 22.0 Å². The van der Waals surface area contributed by atoms with Gasteiger partial charge < -0.3 is 15.3 Å². The van der Waals surface area contributed by atoms with E-state index in [2.05, 4.69) is 5.32 Å². The summed E-state index contributed by atoms with van der Waals surface area (Å²) in [5.41, 5.74) is 1.52. The van der Waals surface area contributed by atoms with Crippen LogP contribution in [0.25, 0.3) is 0 Å². The van der Waals surface area contributed by atoms with Crippen molar-refractivity contribution >= 4 is 28.5 Å². The van der Waals surface area contributed by atoms with Crippen LogP contribution in [0.15, 0.2) is 24.3 Å². The molecule has 1 aliphatic heterocycles. The predicted molar refractivity (Wildman–Crippen MR) is 80.9 cm³/mol. The van der Waals surface area contributed by atoms with Gasteiger partial charge in [-0.3, -0.25) is 9.00 Å². The van der Waals surface area contributed by atoms with E-state index in [0.29, 0.717) is 36.7 Å². The minimum absolute atomic E-state index is 0.0648. The molecule has 6 nitrogen and oxygen atoms in total. The predicted octanol–water partition coefficient (Wildman–Crippen LogP) is 1.30. The van der Waals surface area contributed by atoms with E-state index in [9.17, 15) is 13.8 Å². The van der Waals surface area contributed by atoms with Crippen molar-refractivity contribution in [3.63, 3.8) is 0 Å². The molecule has 1 saturated heterocycles. The van der Waals surface area contributed by atoms with E-state index in [1.807, 2.05) is 6.07 Å². The molecule has 0 radical (unpaired) electrons. The molecule has 2 rings (SSSR count). The van der Waals surface area contributed by atoms with Crippen LogP contribution >= 0.6 is 0 Å². The number of carbonyl (C=O) groups excluding carboxylic acids is 1. The number of nitrogens with one attached hydrogen (secondary N) is 1. The highest BCUT2D eigenvalue weighted by Gasteiger charge is 2.19. The van der Waals surface area contributed by atoms with Gasteiger partial charge >= 0.3 is 12.0 Å². The molecule has 1 heterocycles. The summed E-state index contributed by atoms with van der Waals surface area (Å²) in [6, 6.07) is 6.97. The van der Waals surface area contributed by atoms with Crippen LogP contribution in [0.1, 0.15) is 12.0 Å². The standard InChI is InChI=1S/C14H18N2O4S/c17-13(18)5-4-11-2-1-3-12(10-11)15-14(19)16-6-8-21(20)9-7-16/h1-3,10H,4-9H2,(H,15,19)(H,17,18). The summed E-state index contributed by atoms with van der Waals surface area (Å²) in [6.45, 7) is 0.994. The largest absolute Gasteiger partial charge is 0.481 e. The van der Waals surface area contributed by atoms with E-state index < -0.39 is 16.8 Å². The second kappa shape index (κ2) is 7.21. The molecule has 114 valence electrons. The van der Waals surface area contributed by atoms with Gasteiger partial charge in [0.05, 0.1) is 0 Å². The Labute approximate surface area is 125 Å². The van der Waals surface area contributed by atoms with Gasteiger partial charge in [0.15, 0.2) is 0 Å². The summed E-state index contributed by atoms with van der Waals surface area (Å²) >= 11 is 0. The maximum absolute atomic E-state index is 12.1. The van der Waals surface area contributed by atoms with Crippen LogP contribution in [0.2, 0.25) is 0 Å². The number of aliphatic carboxylic acids is 1. The minimum atomic E-state index is -0.842. The molecule has 2 amide bonds. The van der Waals surface area contributed by atoms with Gasteiger partial charge in [-0.25, -0.2) is 4.79 Å². The summed E-state index contributed by atoms with van der Waals surface area (Å²) in [6.07, 6.45) is 0.497. The second-order valence-electron chi connectivity index (χ2n) is 4.86. The van der Waals surface area contributed by atoms with E-state index in [4.69, 9.17) is 5.11 Å². The van der Waals surface area contributed by atoms with Crippen molar-refractivity contribution in [1.29, 1.82) is 0 Å². The number of carbonyl (C=O) groups is 2. The van der Waals surface area contributed by atoms with Crippen LogP contribution < -0.4 is 5.32 Å². The first kappa shape index (κ1) is 15.5. The zero-order valence-corrected chi connectivity index (χ0v) is 12.4. The average Bonchev–Trinajstić information content (AvgIpc) is 2.46. The lowest BCUT2D eigenvalue weighted by Crippen LogP contribution is -2.43. The summed E-state index contributed by atoms with van der Waals surface area (Å²) in [5.74, 6) is 0.198. The van der Waals surface area contributed by atoms with Gasteiger partial charge in [-0.15, -0.1) is 0 Å².